The summed E-state index contributed by atoms with van der Waals surface area (Å²) >= 11 is 0. The topological polar surface area (TPSA) is 99.2 Å². The molecule has 0 aromatic carbocycles. The van der Waals surface area contributed by atoms with Crippen molar-refractivity contribution in [3.05, 3.63) is 11.8 Å². The summed E-state index contributed by atoms with van der Waals surface area (Å²) in [7, 11) is -3.18. The van der Waals surface area contributed by atoms with Crippen LogP contribution in [0.2, 0.25) is 0 Å². The molecule has 3 aliphatic rings. The Morgan fingerprint density at radius 1 is 0.968 bits per heavy atom. The number of morpholine rings is 1. The fourth-order valence-corrected chi connectivity index (χ4v) is 5.33. The molecule has 0 spiro atoms. The summed E-state index contributed by atoms with van der Waals surface area (Å²) in [5, 5.41) is 0. The van der Waals surface area contributed by atoms with Crippen molar-refractivity contribution >= 4 is 27.7 Å². The Morgan fingerprint density at radius 3 is 2.23 bits per heavy atom. The Labute approximate surface area is 184 Å². The lowest BCUT2D eigenvalue weighted by atomic mass is 9.96. The first-order chi connectivity index (χ1) is 14.8. The smallest absolute Gasteiger partial charge is 0.227 e. The van der Waals surface area contributed by atoms with E-state index in [9.17, 15) is 13.2 Å². The van der Waals surface area contributed by atoms with Gasteiger partial charge >= 0.3 is 0 Å². The van der Waals surface area contributed by atoms with Crippen LogP contribution in [0, 0.1) is 12.8 Å². The number of sulfonamides is 1. The highest BCUT2D eigenvalue weighted by Crippen LogP contribution is 2.23. The van der Waals surface area contributed by atoms with Crippen molar-refractivity contribution in [1.82, 2.24) is 19.2 Å². The van der Waals surface area contributed by atoms with Crippen LogP contribution in [0.3, 0.4) is 0 Å². The number of piperidine rings is 1. The van der Waals surface area contributed by atoms with Crippen LogP contribution in [0.4, 0.5) is 11.8 Å². The van der Waals surface area contributed by atoms with Crippen LogP contribution < -0.4 is 9.80 Å². The first-order valence-corrected chi connectivity index (χ1v) is 12.8. The molecule has 1 aromatic rings. The van der Waals surface area contributed by atoms with Crippen LogP contribution in [0.25, 0.3) is 0 Å². The third kappa shape index (κ3) is 5.27. The molecule has 0 unspecified atom stereocenters. The SMILES string of the molecule is Cc1cc(N2CCOCC2)nc(N2CCN(C(=O)C3CCN(S(C)(=O)=O)CC3)CC2)n1. The molecule has 0 radical (unpaired) electrons. The lowest BCUT2D eigenvalue weighted by Crippen LogP contribution is -2.52. The van der Waals surface area contributed by atoms with Gasteiger partial charge in [0.25, 0.3) is 0 Å². The number of ether oxygens (including phenoxy) is 1. The van der Waals surface area contributed by atoms with E-state index in [2.05, 4.69) is 14.8 Å². The van der Waals surface area contributed by atoms with Crippen LogP contribution in [0.15, 0.2) is 6.07 Å². The molecule has 0 bridgehead atoms. The Morgan fingerprint density at radius 2 is 1.61 bits per heavy atom. The predicted octanol–water partition coefficient (Wildman–Crippen LogP) is -0.0582. The van der Waals surface area contributed by atoms with Gasteiger partial charge in [0.2, 0.25) is 21.9 Å². The second-order valence-corrected chi connectivity index (χ2v) is 10.5. The highest BCUT2D eigenvalue weighted by molar-refractivity contribution is 7.88. The van der Waals surface area contributed by atoms with E-state index in [-0.39, 0.29) is 11.8 Å². The minimum atomic E-state index is -3.18. The lowest BCUT2D eigenvalue weighted by Gasteiger charge is -2.38. The molecule has 1 aromatic heterocycles. The average molecular weight is 453 g/mol. The molecule has 3 saturated heterocycles. The molecular formula is C20H32N6O4S. The fourth-order valence-electron chi connectivity index (χ4n) is 4.45. The maximum atomic E-state index is 13.0. The van der Waals surface area contributed by atoms with Crippen molar-refractivity contribution in [2.45, 2.75) is 19.8 Å². The van der Waals surface area contributed by atoms with Gasteiger partial charge in [0.05, 0.1) is 19.5 Å². The van der Waals surface area contributed by atoms with Crippen LogP contribution in [-0.4, -0.2) is 105 Å². The van der Waals surface area contributed by atoms with E-state index in [1.807, 2.05) is 17.9 Å². The summed E-state index contributed by atoms with van der Waals surface area (Å²) in [5.41, 5.74) is 0.933. The molecule has 0 saturated carbocycles. The maximum absolute atomic E-state index is 13.0. The van der Waals surface area contributed by atoms with E-state index in [4.69, 9.17) is 9.72 Å². The van der Waals surface area contributed by atoms with Gasteiger partial charge in [-0.2, -0.15) is 4.98 Å². The van der Waals surface area contributed by atoms with E-state index in [0.717, 1.165) is 30.5 Å². The molecule has 1 amide bonds. The molecule has 4 heterocycles. The van der Waals surface area contributed by atoms with E-state index < -0.39 is 10.0 Å². The van der Waals surface area contributed by atoms with Gasteiger partial charge in [-0.1, -0.05) is 0 Å². The molecule has 10 nitrogen and oxygen atoms in total. The van der Waals surface area contributed by atoms with Crippen molar-refractivity contribution in [3.63, 3.8) is 0 Å². The van der Waals surface area contributed by atoms with Gasteiger partial charge in [0.1, 0.15) is 5.82 Å². The molecule has 0 aliphatic carbocycles. The molecule has 172 valence electrons. The number of nitrogens with zero attached hydrogens (tertiary/aromatic N) is 6. The lowest BCUT2D eigenvalue weighted by molar-refractivity contribution is -0.137. The minimum absolute atomic E-state index is 0.0901. The van der Waals surface area contributed by atoms with E-state index in [1.165, 1.54) is 10.6 Å². The molecule has 31 heavy (non-hydrogen) atoms. The second-order valence-electron chi connectivity index (χ2n) is 8.52. The van der Waals surface area contributed by atoms with E-state index >= 15 is 0 Å². The molecule has 3 aliphatic heterocycles. The standard InChI is InChI=1S/C20H32N6O4S/c1-16-15-18(23-11-13-30-14-12-23)22-20(21-16)25-9-7-24(8-10-25)19(27)17-3-5-26(6-4-17)31(2,28)29/h15,17H,3-14H2,1-2H3. The Kier molecular flexibility index (Phi) is 6.63. The van der Waals surface area contributed by atoms with Crippen molar-refractivity contribution < 1.29 is 17.9 Å². The molecule has 4 rings (SSSR count). The number of piperazine rings is 1. The van der Waals surface area contributed by atoms with Gasteiger partial charge < -0.3 is 19.4 Å². The molecule has 3 fully saturated rings. The molecule has 11 heteroatoms. The number of hydrogen-bond donors (Lipinski definition) is 0. The summed E-state index contributed by atoms with van der Waals surface area (Å²) < 4.78 is 30.3. The van der Waals surface area contributed by atoms with Crippen LogP contribution in [0.5, 0.6) is 0 Å². The van der Waals surface area contributed by atoms with Crippen molar-refractivity contribution in [2.75, 3.05) is 81.6 Å². The zero-order valence-electron chi connectivity index (χ0n) is 18.4. The van der Waals surface area contributed by atoms with Crippen molar-refractivity contribution in [1.29, 1.82) is 0 Å². The number of amides is 1. The quantitative estimate of drug-likeness (QED) is 0.627. The first-order valence-electron chi connectivity index (χ1n) is 11.0. The third-order valence-electron chi connectivity index (χ3n) is 6.31. The first kappa shape index (κ1) is 22.2. The summed E-state index contributed by atoms with van der Waals surface area (Å²) in [6.07, 6.45) is 2.41. The number of rotatable bonds is 4. The average Bonchev–Trinajstić information content (AvgIpc) is 2.78. The van der Waals surface area contributed by atoms with Gasteiger partial charge in [-0.3, -0.25) is 4.79 Å². The maximum Gasteiger partial charge on any atom is 0.227 e. The highest BCUT2D eigenvalue weighted by atomic mass is 32.2. The largest absolute Gasteiger partial charge is 0.378 e. The summed E-state index contributed by atoms with van der Waals surface area (Å²) in [4.78, 5) is 28.7. The number of aromatic nitrogens is 2. The van der Waals surface area contributed by atoms with Crippen molar-refractivity contribution in [3.8, 4) is 0 Å². The predicted molar refractivity (Wildman–Crippen MR) is 118 cm³/mol. The Balaban J connectivity index is 1.33. The van der Waals surface area contributed by atoms with Gasteiger partial charge in [-0.25, -0.2) is 17.7 Å². The van der Waals surface area contributed by atoms with Gasteiger partial charge in [-0.15, -0.1) is 0 Å². The number of aryl methyl sites for hydroxylation is 1. The zero-order chi connectivity index (χ0) is 22.0. The molecular weight excluding hydrogens is 420 g/mol. The van der Waals surface area contributed by atoms with Crippen LogP contribution >= 0.6 is 0 Å². The van der Waals surface area contributed by atoms with Gasteiger partial charge in [0, 0.05) is 70.0 Å². The summed E-state index contributed by atoms with van der Waals surface area (Å²) in [5.74, 6) is 1.71. The Hall–Kier alpha value is -1.98. The summed E-state index contributed by atoms with van der Waals surface area (Å²) in [6.45, 7) is 8.58. The highest BCUT2D eigenvalue weighted by Gasteiger charge is 2.33. The van der Waals surface area contributed by atoms with Crippen LogP contribution in [0.1, 0.15) is 18.5 Å². The monoisotopic (exact) mass is 452 g/mol. The van der Waals surface area contributed by atoms with Crippen molar-refractivity contribution in [2.24, 2.45) is 5.92 Å². The van der Waals surface area contributed by atoms with E-state index in [0.29, 0.717) is 65.3 Å². The van der Waals surface area contributed by atoms with Crippen LogP contribution in [-0.2, 0) is 19.6 Å². The zero-order valence-corrected chi connectivity index (χ0v) is 19.2. The number of carbonyl (C=O) groups excluding carboxylic acids is 1. The third-order valence-corrected chi connectivity index (χ3v) is 7.61. The second kappa shape index (κ2) is 9.25. The number of hydrogen-bond acceptors (Lipinski definition) is 8. The minimum Gasteiger partial charge on any atom is -0.378 e. The number of anilines is 2. The Bertz CT molecular complexity index is 889. The molecule has 0 N–H and O–H groups in total. The molecule has 0 atom stereocenters. The normalized spacial score (nSPS) is 22.1. The van der Waals surface area contributed by atoms with Gasteiger partial charge in [-0.05, 0) is 19.8 Å². The van der Waals surface area contributed by atoms with E-state index in [1.54, 1.807) is 0 Å². The summed E-state index contributed by atoms with van der Waals surface area (Å²) in [6, 6.07) is 2.01. The fraction of sp³-hybridized carbons (Fsp3) is 0.750. The number of carbonyl (C=O) groups is 1. The van der Waals surface area contributed by atoms with Gasteiger partial charge in [0.15, 0.2) is 0 Å².